The number of ether oxygens (including phenoxy) is 3. The van der Waals surface area contributed by atoms with Crippen molar-refractivity contribution in [3.8, 4) is 28.7 Å². The van der Waals surface area contributed by atoms with Crippen molar-refractivity contribution < 1.29 is 27.8 Å². The largest absolute Gasteiger partial charge is 0.486 e. The standard InChI is InChI=1S/C30H22F2N4O6/c1-2-35-16-20(29(38)36(30(35)39)19-6-3-17(31)4-7-19)28(37)34-18-5-9-23(21(32)15-18)42-24-11-12-33-22-8-10-25-27(26(22)24)41-14-13-40-25/h3-12,15-16H,2,13-14H2,1H3,(H,34,37). The number of hydrogen-bond donors (Lipinski definition) is 1. The van der Waals surface area contributed by atoms with Gasteiger partial charge in [-0.2, -0.15) is 0 Å². The minimum Gasteiger partial charge on any atom is -0.486 e. The van der Waals surface area contributed by atoms with Crippen LogP contribution < -0.4 is 30.8 Å². The smallest absolute Gasteiger partial charge is 0.335 e. The molecule has 1 aliphatic rings. The molecule has 1 aliphatic heterocycles. The molecule has 3 heterocycles. The van der Waals surface area contributed by atoms with E-state index >= 15 is 4.39 Å². The maximum absolute atomic E-state index is 15.2. The fourth-order valence-electron chi connectivity index (χ4n) is 4.59. The van der Waals surface area contributed by atoms with E-state index in [9.17, 15) is 18.8 Å². The average Bonchev–Trinajstić information content (AvgIpc) is 2.99. The molecule has 212 valence electrons. The number of halogens is 2. The molecule has 0 bridgehead atoms. The second-order valence-electron chi connectivity index (χ2n) is 9.22. The van der Waals surface area contributed by atoms with Gasteiger partial charge in [0.2, 0.25) is 0 Å². The Balaban J connectivity index is 1.29. The number of amides is 1. The first-order valence-corrected chi connectivity index (χ1v) is 12.9. The van der Waals surface area contributed by atoms with Crippen LogP contribution in [-0.2, 0) is 6.54 Å². The van der Waals surface area contributed by atoms with Gasteiger partial charge in [0, 0.05) is 30.7 Å². The van der Waals surface area contributed by atoms with Crippen LogP contribution in [0.2, 0.25) is 0 Å². The van der Waals surface area contributed by atoms with Gasteiger partial charge in [0.25, 0.3) is 11.5 Å². The van der Waals surface area contributed by atoms with Crippen molar-refractivity contribution >= 4 is 22.5 Å². The number of pyridine rings is 1. The van der Waals surface area contributed by atoms with E-state index in [2.05, 4.69) is 10.3 Å². The summed E-state index contributed by atoms with van der Waals surface area (Å²) in [5.41, 5.74) is -1.26. The van der Waals surface area contributed by atoms with Crippen LogP contribution in [0.3, 0.4) is 0 Å². The zero-order valence-electron chi connectivity index (χ0n) is 22.1. The van der Waals surface area contributed by atoms with E-state index in [1.807, 2.05) is 0 Å². The predicted molar refractivity (Wildman–Crippen MR) is 149 cm³/mol. The van der Waals surface area contributed by atoms with Gasteiger partial charge in [0.15, 0.2) is 23.1 Å². The third-order valence-electron chi connectivity index (χ3n) is 6.61. The Hall–Kier alpha value is -5.52. The summed E-state index contributed by atoms with van der Waals surface area (Å²) >= 11 is 0. The maximum Gasteiger partial charge on any atom is 0.335 e. The van der Waals surface area contributed by atoms with Crippen molar-refractivity contribution in [2.75, 3.05) is 18.5 Å². The van der Waals surface area contributed by atoms with E-state index in [1.54, 1.807) is 25.1 Å². The van der Waals surface area contributed by atoms with Crippen LogP contribution in [0.25, 0.3) is 16.6 Å². The molecule has 5 aromatic rings. The molecule has 1 N–H and O–H groups in total. The van der Waals surface area contributed by atoms with Crippen molar-refractivity contribution in [3.05, 3.63) is 111 Å². The van der Waals surface area contributed by atoms with Gasteiger partial charge in [-0.15, -0.1) is 0 Å². The number of benzene rings is 3. The topological polar surface area (TPSA) is 114 Å². The quantitative estimate of drug-likeness (QED) is 0.315. The minimum atomic E-state index is -0.909. The number of rotatable bonds is 6. The van der Waals surface area contributed by atoms with Crippen molar-refractivity contribution in [1.29, 1.82) is 0 Å². The van der Waals surface area contributed by atoms with Gasteiger partial charge in [0.05, 0.1) is 16.6 Å². The SMILES string of the molecule is CCn1cc(C(=O)Nc2ccc(Oc3ccnc4ccc5c(c34)OCCO5)c(F)c2)c(=O)n(-c2ccc(F)cc2)c1=O. The molecule has 0 fully saturated rings. The Morgan fingerprint density at radius 2 is 1.79 bits per heavy atom. The Bertz CT molecular complexity index is 1970. The second-order valence-corrected chi connectivity index (χ2v) is 9.22. The van der Waals surface area contributed by atoms with Crippen molar-refractivity contribution in [3.63, 3.8) is 0 Å². The van der Waals surface area contributed by atoms with Crippen LogP contribution in [0.1, 0.15) is 17.3 Å². The van der Waals surface area contributed by atoms with E-state index in [1.165, 1.54) is 35.0 Å². The van der Waals surface area contributed by atoms with Crippen LogP contribution >= 0.6 is 0 Å². The molecule has 42 heavy (non-hydrogen) atoms. The van der Waals surface area contributed by atoms with E-state index in [-0.39, 0.29) is 29.2 Å². The Labute approximate surface area is 236 Å². The van der Waals surface area contributed by atoms with Gasteiger partial charge >= 0.3 is 5.69 Å². The van der Waals surface area contributed by atoms with E-state index in [4.69, 9.17) is 14.2 Å². The average molecular weight is 573 g/mol. The summed E-state index contributed by atoms with van der Waals surface area (Å²) in [6.45, 7) is 2.56. The lowest BCUT2D eigenvalue weighted by atomic mass is 10.1. The number of carbonyl (C=O) groups excluding carboxylic acids is 1. The Kier molecular flexibility index (Phi) is 6.87. The molecule has 0 saturated heterocycles. The van der Waals surface area contributed by atoms with Crippen molar-refractivity contribution in [1.82, 2.24) is 14.1 Å². The molecule has 0 spiro atoms. The van der Waals surface area contributed by atoms with Gasteiger partial charge < -0.3 is 19.5 Å². The van der Waals surface area contributed by atoms with E-state index in [0.717, 1.165) is 29.0 Å². The first kappa shape index (κ1) is 26.7. The molecule has 0 atom stereocenters. The molecule has 1 amide bonds. The molecule has 2 aromatic heterocycles. The zero-order valence-corrected chi connectivity index (χ0v) is 22.1. The lowest BCUT2D eigenvalue weighted by Crippen LogP contribution is -2.42. The fourth-order valence-corrected chi connectivity index (χ4v) is 4.59. The Morgan fingerprint density at radius 1 is 1.00 bits per heavy atom. The van der Waals surface area contributed by atoms with E-state index in [0.29, 0.717) is 41.4 Å². The molecular formula is C30H22F2N4O6. The van der Waals surface area contributed by atoms with Crippen LogP contribution in [0.5, 0.6) is 23.0 Å². The summed E-state index contributed by atoms with van der Waals surface area (Å²) < 4.78 is 47.9. The van der Waals surface area contributed by atoms with Gasteiger partial charge in [0.1, 0.15) is 30.3 Å². The summed E-state index contributed by atoms with van der Waals surface area (Å²) in [6, 6.07) is 13.6. The van der Waals surface area contributed by atoms with Gasteiger partial charge in [-0.1, -0.05) is 0 Å². The first-order valence-electron chi connectivity index (χ1n) is 12.9. The van der Waals surface area contributed by atoms with Crippen LogP contribution in [0.15, 0.2) is 82.6 Å². The lowest BCUT2D eigenvalue weighted by molar-refractivity contribution is 0.102. The Morgan fingerprint density at radius 3 is 2.55 bits per heavy atom. The number of fused-ring (bicyclic) bond motifs is 3. The molecule has 12 heteroatoms. The van der Waals surface area contributed by atoms with Crippen LogP contribution in [0, 0.1) is 11.6 Å². The van der Waals surface area contributed by atoms with Gasteiger partial charge in [-0.05, 0) is 61.5 Å². The molecule has 6 rings (SSSR count). The highest BCUT2D eigenvalue weighted by Gasteiger charge is 2.21. The highest BCUT2D eigenvalue weighted by atomic mass is 19.1. The summed E-state index contributed by atoms with van der Waals surface area (Å²) in [6.07, 6.45) is 2.66. The van der Waals surface area contributed by atoms with Gasteiger partial charge in [-0.3, -0.25) is 19.1 Å². The molecule has 0 aliphatic carbocycles. The first-order chi connectivity index (χ1) is 20.3. The molecular weight excluding hydrogens is 550 g/mol. The number of anilines is 1. The van der Waals surface area contributed by atoms with Crippen LogP contribution in [-0.4, -0.2) is 33.2 Å². The maximum atomic E-state index is 15.2. The molecule has 0 unspecified atom stereocenters. The lowest BCUT2D eigenvalue weighted by Gasteiger charge is -2.21. The summed E-state index contributed by atoms with van der Waals surface area (Å²) in [4.78, 5) is 43.5. The molecule has 0 radical (unpaired) electrons. The van der Waals surface area contributed by atoms with E-state index < -0.39 is 28.8 Å². The minimum absolute atomic E-state index is 0.0422. The third kappa shape index (κ3) is 4.83. The highest BCUT2D eigenvalue weighted by molar-refractivity contribution is 6.04. The summed E-state index contributed by atoms with van der Waals surface area (Å²) in [7, 11) is 0. The van der Waals surface area contributed by atoms with Gasteiger partial charge in [-0.25, -0.2) is 18.1 Å². The summed E-state index contributed by atoms with van der Waals surface area (Å²) in [5, 5.41) is 3.01. The number of hydrogen-bond acceptors (Lipinski definition) is 7. The number of carbonyl (C=O) groups is 1. The fraction of sp³-hybridized carbons (Fsp3) is 0.133. The number of aromatic nitrogens is 3. The number of nitrogens with one attached hydrogen (secondary N) is 1. The van der Waals surface area contributed by atoms with Crippen molar-refractivity contribution in [2.24, 2.45) is 0 Å². The normalized spacial score (nSPS) is 12.3. The highest BCUT2D eigenvalue weighted by Crippen LogP contribution is 2.43. The van der Waals surface area contributed by atoms with Crippen LogP contribution in [0.4, 0.5) is 14.5 Å². The number of nitrogens with zero attached hydrogens (tertiary/aromatic N) is 3. The zero-order chi connectivity index (χ0) is 29.4. The summed E-state index contributed by atoms with van der Waals surface area (Å²) in [5.74, 6) is -1.07. The molecule has 0 saturated carbocycles. The molecule has 10 nitrogen and oxygen atoms in total. The third-order valence-corrected chi connectivity index (χ3v) is 6.61. The van der Waals surface area contributed by atoms with Crippen molar-refractivity contribution in [2.45, 2.75) is 13.5 Å². The second kappa shape index (κ2) is 10.8. The molecule has 3 aromatic carbocycles. The monoisotopic (exact) mass is 572 g/mol. The number of aryl methyl sites for hydroxylation is 1. The predicted octanol–water partition coefficient (Wildman–Crippen LogP) is 4.66.